The topological polar surface area (TPSA) is 12.0 Å². The van der Waals surface area contributed by atoms with Crippen LogP contribution in [-0.2, 0) is 0 Å². The molecular weight excluding hydrogens is 178 g/mol. The Morgan fingerprint density at radius 3 is 1.62 bits per heavy atom. The first-order valence-corrected chi connectivity index (χ1v) is 5.90. The molecule has 1 rings (SSSR count). The first kappa shape index (κ1) is 15.4. The van der Waals surface area contributed by atoms with E-state index < -0.39 is 0 Å². The van der Waals surface area contributed by atoms with Crippen molar-refractivity contribution >= 4 is 11.8 Å². The van der Waals surface area contributed by atoms with Crippen molar-refractivity contribution in [1.82, 2.24) is 5.32 Å². The molecule has 1 unspecified atom stereocenters. The van der Waals surface area contributed by atoms with E-state index in [-0.39, 0.29) is 0 Å². The lowest BCUT2D eigenvalue weighted by molar-refractivity contribution is 0.469. The molecule has 80 valence electrons. The Balaban J connectivity index is 0. The summed E-state index contributed by atoms with van der Waals surface area (Å²) >= 11 is 1.81. The van der Waals surface area contributed by atoms with Crippen LogP contribution in [0.15, 0.2) is 11.6 Å². The van der Waals surface area contributed by atoms with Crippen LogP contribution < -0.4 is 5.32 Å². The van der Waals surface area contributed by atoms with Gasteiger partial charge in [-0.05, 0) is 17.7 Å². The quantitative estimate of drug-likeness (QED) is 0.632. The van der Waals surface area contributed by atoms with Crippen LogP contribution in [-0.4, -0.2) is 5.37 Å². The van der Waals surface area contributed by atoms with E-state index >= 15 is 0 Å². The molecule has 0 saturated carbocycles. The molecule has 1 heterocycles. The molecule has 0 amide bonds. The third-order valence-corrected chi connectivity index (χ3v) is 1.52. The molecule has 0 aromatic carbocycles. The minimum atomic E-state index is 0.500. The van der Waals surface area contributed by atoms with Crippen LogP contribution in [0.1, 0.15) is 48.5 Å². The van der Waals surface area contributed by atoms with E-state index in [2.05, 4.69) is 45.3 Å². The van der Waals surface area contributed by atoms with Gasteiger partial charge in [0.05, 0.1) is 5.37 Å². The van der Waals surface area contributed by atoms with Gasteiger partial charge in [0.2, 0.25) is 0 Å². The van der Waals surface area contributed by atoms with E-state index in [0.717, 1.165) is 0 Å². The first-order valence-electron chi connectivity index (χ1n) is 4.96. The fourth-order valence-corrected chi connectivity index (χ4v) is 0.921. The third-order valence-electron chi connectivity index (χ3n) is 0.682. The summed E-state index contributed by atoms with van der Waals surface area (Å²) in [7, 11) is 0. The molecule has 0 fully saturated rings. The Kier molecular flexibility index (Phi) is 10.0. The number of thioether (sulfide) groups is 1. The fraction of sp³-hybridized carbons (Fsp3) is 0.818. The second-order valence-corrected chi connectivity index (χ2v) is 5.50. The van der Waals surface area contributed by atoms with Crippen molar-refractivity contribution in [2.45, 2.75) is 53.8 Å². The Hall–Kier alpha value is -0.110. The normalized spacial score (nSPS) is 19.2. The molecule has 0 saturated heterocycles. The molecule has 1 nitrogen and oxygen atoms in total. The molecule has 1 aliphatic rings. The lowest BCUT2D eigenvalue weighted by Gasteiger charge is -2.05. The predicted molar refractivity (Wildman–Crippen MR) is 65.8 cm³/mol. The molecule has 0 bridgehead atoms. The summed E-state index contributed by atoms with van der Waals surface area (Å²) in [5.74, 6) is 0. The standard InChI is InChI=1S/C5H12.C4H7NS.C2H6/c1-5(2,3)4;1-4-5-2-3-6-4;1-2/h1-4H3;2-5H,1H3;1-2H3. The van der Waals surface area contributed by atoms with Gasteiger partial charge in [0.25, 0.3) is 0 Å². The van der Waals surface area contributed by atoms with Crippen molar-refractivity contribution in [1.29, 1.82) is 0 Å². The van der Waals surface area contributed by atoms with Crippen LogP contribution in [0, 0.1) is 5.41 Å². The van der Waals surface area contributed by atoms with E-state index in [0.29, 0.717) is 10.8 Å². The van der Waals surface area contributed by atoms with Gasteiger partial charge in [-0.25, -0.2) is 0 Å². The second-order valence-electron chi connectivity index (χ2n) is 4.25. The molecular formula is C11H25NS. The smallest absolute Gasteiger partial charge is 0.0730 e. The van der Waals surface area contributed by atoms with Crippen molar-refractivity contribution in [3.63, 3.8) is 0 Å². The molecule has 0 aromatic heterocycles. The lowest BCUT2D eigenvalue weighted by atomic mass is 10.0. The molecule has 0 spiro atoms. The van der Waals surface area contributed by atoms with Crippen LogP contribution in [0.25, 0.3) is 0 Å². The molecule has 0 radical (unpaired) electrons. The van der Waals surface area contributed by atoms with E-state index in [1.54, 1.807) is 11.8 Å². The average Bonchev–Trinajstić information content (AvgIpc) is 2.40. The maximum Gasteiger partial charge on any atom is 0.0730 e. The van der Waals surface area contributed by atoms with Gasteiger partial charge in [-0.1, -0.05) is 41.5 Å². The summed E-state index contributed by atoms with van der Waals surface area (Å²) in [4.78, 5) is 0. The third kappa shape index (κ3) is 24.5. The Bertz CT molecular complexity index is 111. The molecule has 13 heavy (non-hydrogen) atoms. The highest BCUT2D eigenvalue weighted by molar-refractivity contribution is 8.02. The zero-order valence-corrected chi connectivity index (χ0v) is 11.0. The Morgan fingerprint density at radius 1 is 1.15 bits per heavy atom. The van der Waals surface area contributed by atoms with Crippen LogP contribution in [0.5, 0.6) is 0 Å². The minimum absolute atomic E-state index is 0.500. The van der Waals surface area contributed by atoms with Crippen molar-refractivity contribution in [3.05, 3.63) is 11.6 Å². The zero-order chi connectivity index (χ0) is 10.9. The molecule has 1 aliphatic heterocycles. The molecule has 1 N–H and O–H groups in total. The van der Waals surface area contributed by atoms with Crippen LogP contribution >= 0.6 is 11.8 Å². The maximum atomic E-state index is 3.10. The molecule has 0 aromatic rings. The highest BCUT2D eigenvalue weighted by Crippen LogP contribution is 2.12. The summed E-state index contributed by atoms with van der Waals surface area (Å²) in [5.41, 5.74) is 0.500. The van der Waals surface area contributed by atoms with Crippen LogP contribution in [0.2, 0.25) is 0 Å². The van der Waals surface area contributed by atoms with Gasteiger partial charge in [-0.3, -0.25) is 0 Å². The van der Waals surface area contributed by atoms with Gasteiger partial charge in [0.1, 0.15) is 0 Å². The van der Waals surface area contributed by atoms with E-state index in [1.165, 1.54) is 0 Å². The monoisotopic (exact) mass is 203 g/mol. The van der Waals surface area contributed by atoms with Gasteiger partial charge >= 0.3 is 0 Å². The summed E-state index contributed by atoms with van der Waals surface area (Å²) in [6, 6.07) is 0. The number of hydrogen-bond donors (Lipinski definition) is 1. The van der Waals surface area contributed by atoms with Gasteiger partial charge in [0, 0.05) is 6.20 Å². The van der Waals surface area contributed by atoms with Gasteiger partial charge in [-0.15, -0.1) is 11.8 Å². The minimum Gasteiger partial charge on any atom is -0.379 e. The number of hydrogen-bond acceptors (Lipinski definition) is 2. The second kappa shape index (κ2) is 8.49. The first-order chi connectivity index (χ1) is 5.89. The van der Waals surface area contributed by atoms with E-state index in [9.17, 15) is 0 Å². The summed E-state index contributed by atoms with van der Waals surface area (Å²) in [6.45, 7) is 14.9. The summed E-state index contributed by atoms with van der Waals surface area (Å²) < 4.78 is 0. The van der Waals surface area contributed by atoms with Crippen molar-refractivity contribution < 1.29 is 0 Å². The van der Waals surface area contributed by atoms with Crippen molar-refractivity contribution in [3.8, 4) is 0 Å². The van der Waals surface area contributed by atoms with Gasteiger partial charge in [0.15, 0.2) is 0 Å². The molecule has 1 atom stereocenters. The van der Waals surface area contributed by atoms with Crippen LogP contribution in [0.3, 0.4) is 0 Å². The lowest BCUT2D eigenvalue weighted by Crippen LogP contribution is -2.09. The predicted octanol–water partition coefficient (Wildman–Crippen LogP) is 4.22. The molecule has 0 aliphatic carbocycles. The molecule has 2 heteroatoms. The zero-order valence-electron chi connectivity index (χ0n) is 10.1. The summed E-state index contributed by atoms with van der Waals surface area (Å²) in [6.07, 6.45) is 1.97. The average molecular weight is 203 g/mol. The highest BCUT2D eigenvalue weighted by atomic mass is 32.2. The maximum absolute atomic E-state index is 3.10. The van der Waals surface area contributed by atoms with Crippen molar-refractivity contribution in [2.24, 2.45) is 5.41 Å². The summed E-state index contributed by atoms with van der Waals surface area (Å²) in [5, 5.41) is 5.76. The Labute approximate surface area is 88.4 Å². The van der Waals surface area contributed by atoms with E-state index in [1.807, 2.05) is 20.0 Å². The van der Waals surface area contributed by atoms with Gasteiger partial charge < -0.3 is 5.32 Å². The SMILES string of the molecule is CC.CC(C)(C)C.CC1NC=CS1. The van der Waals surface area contributed by atoms with Crippen LogP contribution in [0.4, 0.5) is 0 Å². The van der Waals surface area contributed by atoms with Gasteiger partial charge in [-0.2, -0.15) is 0 Å². The number of rotatable bonds is 0. The largest absolute Gasteiger partial charge is 0.379 e. The number of nitrogens with one attached hydrogen (secondary N) is 1. The van der Waals surface area contributed by atoms with Crippen molar-refractivity contribution in [2.75, 3.05) is 0 Å². The fourth-order valence-electron chi connectivity index (χ4n) is 0.371. The van der Waals surface area contributed by atoms with E-state index in [4.69, 9.17) is 0 Å². The Morgan fingerprint density at radius 2 is 1.54 bits per heavy atom. The highest BCUT2D eigenvalue weighted by Gasteiger charge is 1.98.